The predicted octanol–water partition coefficient (Wildman–Crippen LogP) is 4.05. The van der Waals surface area contributed by atoms with Crippen LogP contribution in [0.4, 0.5) is 0 Å². The molecule has 1 saturated heterocycles. The van der Waals surface area contributed by atoms with Gasteiger partial charge in [-0.2, -0.15) is 0 Å². The van der Waals surface area contributed by atoms with Crippen LogP contribution < -0.4 is 10.6 Å². The summed E-state index contributed by atoms with van der Waals surface area (Å²) in [7, 11) is 0. The fourth-order valence-electron chi connectivity index (χ4n) is 3.27. The van der Waals surface area contributed by atoms with Crippen molar-refractivity contribution in [1.82, 2.24) is 10.6 Å². The van der Waals surface area contributed by atoms with Gasteiger partial charge in [-0.3, -0.25) is 4.79 Å². The summed E-state index contributed by atoms with van der Waals surface area (Å²) in [5.41, 5.74) is 2.37. The molecular weight excluding hydrogens is 316 g/mol. The summed E-state index contributed by atoms with van der Waals surface area (Å²) in [6.45, 7) is 1.92. The van der Waals surface area contributed by atoms with E-state index in [0.717, 1.165) is 40.9 Å². The fraction of sp³-hybridized carbons (Fsp3) is 0.250. The van der Waals surface area contributed by atoms with E-state index in [-0.39, 0.29) is 11.9 Å². The first kappa shape index (κ1) is 15.4. The Morgan fingerprint density at radius 2 is 2.00 bits per heavy atom. The Balaban J connectivity index is 1.64. The molecule has 0 spiro atoms. The lowest BCUT2D eigenvalue weighted by Gasteiger charge is -2.23. The summed E-state index contributed by atoms with van der Waals surface area (Å²) in [5, 5.41) is 7.66. The maximum absolute atomic E-state index is 12.6. The zero-order chi connectivity index (χ0) is 16.4. The maximum atomic E-state index is 12.6. The van der Waals surface area contributed by atoms with Crippen LogP contribution in [0.25, 0.3) is 21.2 Å². The van der Waals surface area contributed by atoms with Gasteiger partial charge in [-0.25, -0.2) is 0 Å². The SMILES string of the molecule is O=C(N[C@@H]1CCCNC1)c1cc2c(-c3ccccc3)cccc2s1. The highest BCUT2D eigenvalue weighted by Gasteiger charge is 2.18. The number of carbonyl (C=O) groups excluding carboxylic acids is 1. The van der Waals surface area contributed by atoms with Crippen molar-refractivity contribution in [2.75, 3.05) is 13.1 Å². The van der Waals surface area contributed by atoms with Gasteiger partial charge in [0.25, 0.3) is 5.91 Å². The molecule has 2 aromatic carbocycles. The van der Waals surface area contributed by atoms with Crippen molar-refractivity contribution in [3.8, 4) is 11.1 Å². The van der Waals surface area contributed by atoms with Crippen LogP contribution in [0.15, 0.2) is 54.6 Å². The Kier molecular flexibility index (Phi) is 4.32. The lowest BCUT2D eigenvalue weighted by Crippen LogP contribution is -2.45. The molecule has 4 heteroatoms. The molecule has 2 N–H and O–H groups in total. The van der Waals surface area contributed by atoms with Crippen LogP contribution in [-0.2, 0) is 0 Å². The fourth-order valence-corrected chi connectivity index (χ4v) is 4.26. The average Bonchev–Trinajstić information content (AvgIpc) is 3.08. The molecule has 24 heavy (non-hydrogen) atoms. The molecule has 0 unspecified atom stereocenters. The van der Waals surface area contributed by atoms with Gasteiger partial charge >= 0.3 is 0 Å². The monoisotopic (exact) mass is 336 g/mol. The molecular formula is C20H20N2OS. The number of piperidine rings is 1. The molecule has 0 bridgehead atoms. The van der Waals surface area contributed by atoms with Crippen LogP contribution in [0.2, 0.25) is 0 Å². The van der Waals surface area contributed by atoms with Crippen molar-refractivity contribution in [2.24, 2.45) is 0 Å². The van der Waals surface area contributed by atoms with Gasteiger partial charge in [0.2, 0.25) is 0 Å². The molecule has 1 amide bonds. The smallest absolute Gasteiger partial charge is 0.261 e. The normalized spacial score (nSPS) is 17.8. The van der Waals surface area contributed by atoms with Crippen molar-refractivity contribution < 1.29 is 4.79 Å². The third kappa shape index (κ3) is 3.07. The van der Waals surface area contributed by atoms with E-state index in [2.05, 4.69) is 41.0 Å². The van der Waals surface area contributed by atoms with Crippen molar-refractivity contribution in [2.45, 2.75) is 18.9 Å². The number of hydrogen-bond acceptors (Lipinski definition) is 3. The summed E-state index contributed by atoms with van der Waals surface area (Å²) in [6.07, 6.45) is 2.18. The van der Waals surface area contributed by atoms with Crippen molar-refractivity contribution in [3.63, 3.8) is 0 Å². The first-order valence-corrected chi connectivity index (χ1v) is 9.22. The second kappa shape index (κ2) is 6.75. The summed E-state index contributed by atoms with van der Waals surface area (Å²) in [5.74, 6) is 0.0453. The molecule has 3 aromatic rings. The Hall–Kier alpha value is -2.17. The van der Waals surface area contributed by atoms with Crippen molar-refractivity contribution >= 4 is 27.3 Å². The average molecular weight is 336 g/mol. The maximum Gasteiger partial charge on any atom is 0.261 e. The summed E-state index contributed by atoms with van der Waals surface area (Å²) in [6, 6.07) is 18.9. The summed E-state index contributed by atoms with van der Waals surface area (Å²) >= 11 is 1.57. The Labute approximate surface area is 145 Å². The first-order valence-electron chi connectivity index (χ1n) is 8.41. The lowest BCUT2D eigenvalue weighted by atomic mass is 10.0. The summed E-state index contributed by atoms with van der Waals surface area (Å²) < 4.78 is 1.16. The van der Waals surface area contributed by atoms with E-state index in [4.69, 9.17) is 0 Å². The molecule has 3 nitrogen and oxygen atoms in total. The number of fused-ring (bicyclic) bond motifs is 1. The van der Waals surface area contributed by atoms with E-state index < -0.39 is 0 Å². The van der Waals surface area contributed by atoms with Gasteiger partial charge in [-0.1, -0.05) is 42.5 Å². The Morgan fingerprint density at radius 3 is 2.79 bits per heavy atom. The first-order chi connectivity index (χ1) is 11.8. The number of nitrogens with one attached hydrogen (secondary N) is 2. The van der Waals surface area contributed by atoms with Crippen LogP contribution in [0.3, 0.4) is 0 Å². The number of carbonyl (C=O) groups is 1. The van der Waals surface area contributed by atoms with Crippen LogP contribution in [0.5, 0.6) is 0 Å². The zero-order valence-electron chi connectivity index (χ0n) is 13.4. The molecule has 1 atom stereocenters. The third-order valence-corrected chi connectivity index (χ3v) is 5.60. The lowest BCUT2D eigenvalue weighted by molar-refractivity contribution is 0.0935. The predicted molar refractivity (Wildman–Crippen MR) is 101 cm³/mol. The number of benzene rings is 2. The zero-order valence-corrected chi connectivity index (χ0v) is 14.2. The molecule has 0 radical (unpaired) electrons. The molecule has 122 valence electrons. The van der Waals surface area contributed by atoms with Crippen LogP contribution >= 0.6 is 11.3 Å². The Morgan fingerprint density at radius 1 is 1.12 bits per heavy atom. The highest BCUT2D eigenvalue weighted by molar-refractivity contribution is 7.20. The number of amides is 1. The third-order valence-electron chi connectivity index (χ3n) is 4.50. The van der Waals surface area contributed by atoms with E-state index in [0.29, 0.717) is 0 Å². The van der Waals surface area contributed by atoms with E-state index in [1.54, 1.807) is 11.3 Å². The molecule has 4 rings (SSSR count). The molecule has 1 aliphatic heterocycles. The summed E-state index contributed by atoms with van der Waals surface area (Å²) in [4.78, 5) is 13.4. The van der Waals surface area contributed by atoms with Crippen LogP contribution in [0, 0.1) is 0 Å². The molecule has 0 saturated carbocycles. The van der Waals surface area contributed by atoms with Gasteiger partial charge in [-0.15, -0.1) is 11.3 Å². The molecule has 1 aromatic heterocycles. The number of rotatable bonds is 3. The largest absolute Gasteiger partial charge is 0.347 e. The van der Waals surface area contributed by atoms with Gasteiger partial charge in [0.15, 0.2) is 0 Å². The van der Waals surface area contributed by atoms with Gasteiger partial charge in [0.05, 0.1) is 4.88 Å². The number of thiophene rings is 1. The highest BCUT2D eigenvalue weighted by Crippen LogP contribution is 2.34. The van der Waals surface area contributed by atoms with E-state index in [9.17, 15) is 4.79 Å². The standard InChI is InChI=1S/C20H20N2OS/c23-20(22-15-8-5-11-21-13-15)19-12-17-16(9-4-10-18(17)24-19)14-6-2-1-3-7-14/h1-4,6-7,9-10,12,15,21H,5,8,11,13H2,(H,22,23)/t15-/m1/s1. The van der Waals surface area contributed by atoms with E-state index in [1.807, 2.05) is 24.3 Å². The van der Waals surface area contributed by atoms with Crippen LogP contribution in [-0.4, -0.2) is 25.0 Å². The van der Waals surface area contributed by atoms with Crippen molar-refractivity contribution in [1.29, 1.82) is 0 Å². The van der Waals surface area contributed by atoms with Crippen LogP contribution in [0.1, 0.15) is 22.5 Å². The molecule has 0 aliphatic carbocycles. The van der Waals surface area contributed by atoms with Gasteiger partial charge in [0, 0.05) is 22.7 Å². The van der Waals surface area contributed by atoms with E-state index in [1.165, 1.54) is 11.1 Å². The van der Waals surface area contributed by atoms with Gasteiger partial charge in [0.1, 0.15) is 0 Å². The quantitative estimate of drug-likeness (QED) is 0.757. The number of hydrogen-bond donors (Lipinski definition) is 2. The van der Waals surface area contributed by atoms with Gasteiger partial charge < -0.3 is 10.6 Å². The minimum absolute atomic E-state index is 0.0453. The molecule has 1 aliphatic rings. The second-order valence-corrected chi connectivity index (χ2v) is 7.29. The Bertz CT molecular complexity index is 850. The molecule has 2 heterocycles. The van der Waals surface area contributed by atoms with E-state index >= 15 is 0 Å². The van der Waals surface area contributed by atoms with Gasteiger partial charge in [-0.05, 0) is 42.6 Å². The topological polar surface area (TPSA) is 41.1 Å². The second-order valence-electron chi connectivity index (χ2n) is 6.21. The minimum atomic E-state index is 0.0453. The highest BCUT2D eigenvalue weighted by atomic mass is 32.1. The minimum Gasteiger partial charge on any atom is -0.347 e. The molecule has 1 fully saturated rings. The van der Waals surface area contributed by atoms with Crippen molar-refractivity contribution in [3.05, 3.63) is 59.5 Å².